The number of rotatable bonds is 5. The highest BCUT2D eigenvalue weighted by atomic mass is 35.5. The maximum Gasteiger partial charge on any atom is 0.416 e. The molecule has 0 aliphatic heterocycles. The Morgan fingerprint density at radius 1 is 1.11 bits per heavy atom. The molecule has 0 saturated heterocycles. The van der Waals surface area contributed by atoms with Gasteiger partial charge >= 0.3 is 6.18 Å². The van der Waals surface area contributed by atoms with Gasteiger partial charge < -0.3 is 5.32 Å². The molecule has 0 atom stereocenters. The second-order valence-corrected chi connectivity index (χ2v) is 7.89. The molecule has 0 spiro atoms. The Morgan fingerprint density at radius 3 is 2.60 bits per heavy atom. The molecule has 3 aromatic heterocycles. The van der Waals surface area contributed by atoms with Gasteiger partial charge in [-0.3, -0.25) is 14.5 Å². The maximum absolute atomic E-state index is 15.1. The van der Waals surface area contributed by atoms with E-state index in [0.717, 1.165) is 17.0 Å². The number of aromatic nitrogens is 3. The molecule has 0 bridgehead atoms. The number of nitrogens with one attached hydrogen (secondary N) is 1. The zero-order valence-electron chi connectivity index (χ0n) is 18.0. The Labute approximate surface area is 200 Å². The van der Waals surface area contributed by atoms with Gasteiger partial charge in [-0.1, -0.05) is 17.7 Å². The molecule has 180 valence electrons. The van der Waals surface area contributed by atoms with E-state index >= 15 is 4.39 Å². The molecule has 0 aliphatic rings. The minimum absolute atomic E-state index is 0.000499. The van der Waals surface area contributed by atoms with Crippen LogP contribution < -0.4 is 10.2 Å². The second kappa shape index (κ2) is 9.34. The van der Waals surface area contributed by atoms with Gasteiger partial charge in [0.2, 0.25) is 11.8 Å². The van der Waals surface area contributed by atoms with Crippen molar-refractivity contribution in [2.45, 2.75) is 19.5 Å². The number of pyridine rings is 2. The summed E-state index contributed by atoms with van der Waals surface area (Å²) in [6, 6.07) is 8.65. The zero-order valence-corrected chi connectivity index (χ0v) is 18.7. The molecule has 1 aromatic carbocycles. The van der Waals surface area contributed by atoms with Crippen molar-refractivity contribution in [2.24, 2.45) is 0 Å². The van der Waals surface area contributed by atoms with Crippen molar-refractivity contribution < 1.29 is 27.2 Å². The lowest BCUT2D eigenvalue weighted by atomic mass is 10.0. The van der Waals surface area contributed by atoms with Crippen LogP contribution >= 0.6 is 11.6 Å². The van der Waals surface area contributed by atoms with Crippen LogP contribution in [0.25, 0.3) is 5.52 Å². The van der Waals surface area contributed by atoms with Crippen LogP contribution in [-0.4, -0.2) is 26.4 Å². The van der Waals surface area contributed by atoms with Gasteiger partial charge in [-0.2, -0.15) is 18.3 Å². The Kier molecular flexibility index (Phi) is 6.44. The van der Waals surface area contributed by atoms with E-state index in [-0.39, 0.29) is 33.3 Å². The minimum atomic E-state index is -4.69. The van der Waals surface area contributed by atoms with Crippen molar-refractivity contribution in [1.82, 2.24) is 14.6 Å². The van der Waals surface area contributed by atoms with Gasteiger partial charge in [0.05, 0.1) is 23.9 Å². The fourth-order valence-electron chi connectivity index (χ4n) is 3.54. The fourth-order valence-corrected chi connectivity index (χ4v) is 3.71. The van der Waals surface area contributed by atoms with E-state index in [4.69, 9.17) is 11.6 Å². The van der Waals surface area contributed by atoms with E-state index in [0.29, 0.717) is 0 Å². The molecule has 0 radical (unpaired) electrons. The number of halogens is 5. The molecule has 0 saturated carbocycles. The summed E-state index contributed by atoms with van der Waals surface area (Å²) in [5.41, 5.74) is -1.06. The Balaban J connectivity index is 1.61. The highest BCUT2D eigenvalue weighted by molar-refractivity contribution is 6.30. The van der Waals surface area contributed by atoms with Crippen molar-refractivity contribution in [2.75, 3.05) is 10.2 Å². The monoisotopic (exact) mass is 505 g/mol. The van der Waals surface area contributed by atoms with Crippen LogP contribution in [0.3, 0.4) is 0 Å². The molecule has 2 amide bonds. The zero-order chi connectivity index (χ0) is 25.3. The fraction of sp³-hybridized carbons (Fsp3) is 0.130. The summed E-state index contributed by atoms with van der Waals surface area (Å²) in [5.74, 6) is -2.00. The number of nitrogens with zero attached hydrogens (tertiary/aromatic N) is 4. The summed E-state index contributed by atoms with van der Waals surface area (Å²) >= 11 is 5.68. The minimum Gasteiger partial charge on any atom is -0.326 e. The number of anilines is 3. The third-order valence-electron chi connectivity index (χ3n) is 5.04. The van der Waals surface area contributed by atoms with E-state index in [1.165, 1.54) is 60.4 Å². The first-order valence-electron chi connectivity index (χ1n) is 10.1. The SMILES string of the molecule is CC(=O)N(c1cc(NC(=O)Cc2ccc(Cl)cc2C(F)(F)F)ccn1)c1ccn2nccc2c1F. The molecular weight excluding hydrogens is 490 g/mol. The van der Waals surface area contributed by atoms with E-state index < -0.39 is 35.8 Å². The highest BCUT2D eigenvalue weighted by Gasteiger charge is 2.34. The second-order valence-electron chi connectivity index (χ2n) is 7.46. The van der Waals surface area contributed by atoms with Crippen molar-refractivity contribution >= 4 is 46.1 Å². The standard InChI is InChI=1S/C23H16ClF4N5O2/c1-13(34)33(19-6-9-32-18(22(19)25)5-8-30-32)20-12-16(4-7-29-20)31-21(35)10-14-2-3-15(24)11-17(14)23(26,27)28/h2-9,11-12H,10H2,1H3,(H,29,31,35). The van der Waals surface area contributed by atoms with Crippen molar-refractivity contribution in [3.05, 3.63) is 83.0 Å². The van der Waals surface area contributed by atoms with Gasteiger partial charge in [0.25, 0.3) is 0 Å². The number of hydrogen-bond donors (Lipinski definition) is 1. The molecule has 7 nitrogen and oxygen atoms in total. The summed E-state index contributed by atoms with van der Waals surface area (Å²) in [7, 11) is 0. The van der Waals surface area contributed by atoms with Gasteiger partial charge in [0, 0.05) is 36.1 Å². The largest absolute Gasteiger partial charge is 0.416 e. The molecule has 1 N–H and O–H groups in total. The highest BCUT2D eigenvalue weighted by Crippen LogP contribution is 2.34. The normalized spacial score (nSPS) is 11.5. The van der Waals surface area contributed by atoms with Gasteiger partial charge in [-0.25, -0.2) is 13.9 Å². The smallest absolute Gasteiger partial charge is 0.326 e. The van der Waals surface area contributed by atoms with E-state index in [2.05, 4.69) is 15.4 Å². The van der Waals surface area contributed by atoms with Gasteiger partial charge in [-0.15, -0.1) is 0 Å². The average molecular weight is 506 g/mol. The summed E-state index contributed by atoms with van der Waals surface area (Å²) < 4.78 is 56.3. The van der Waals surface area contributed by atoms with Crippen LogP contribution in [0.5, 0.6) is 0 Å². The first kappa shape index (κ1) is 24.1. The maximum atomic E-state index is 15.1. The van der Waals surface area contributed by atoms with E-state index in [1.54, 1.807) is 0 Å². The molecule has 0 unspecified atom stereocenters. The predicted molar refractivity (Wildman–Crippen MR) is 121 cm³/mol. The van der Waals surface area contributed by atoms with Crippen molar-refractivity contribution in [3.63, 3.8) is 0 Å². The Morgan fingerprint density at radius 2 is 1.89 bits per heavy atom. The summed E-state index contributed by atoms with van der Waals surface area (Å²) in [5, 5.41) is 6.32. The van der Waals surface area contributed by atoms with Crippen LogP contribution in [0.2, 0.25) is 5.02 Å². The van der Waals surface area contributed by atoms with Crippen molar-refractivity contribution in [3.8, 4) is 0 Å². The van der Waals surface area contributed by atoms with Gasteiger partial charge in [0.1, 0.15) is 11.3 Å². The van der Waals surface area contributed by atoms with E-state index in [9.17, 15) is 22.8 Å². The van der Waals surface area contributed by atoms with Gasteiger partial charge in [-0.05, 0) is 35.9 Å². The number of benzene rings is 1. The van der Waals surface area contributed by atoms with Crippen molar-refractivity contribution in [1.29, 1.82) is 0 Å². The lowest BCUT2D eigenvalue weighted by Crippen LogP contribution is -2.25. The molecule has 0 fully saturated rings. The van der Waals surface area contributed by atoms with Crippen LogP contribution in [0, 0.1) is 5.82 Å². The molecule has 0 aliphatic carbocycles. The summed E-state index contributed by atoms with van der Waals surface area (Å²) in [6.07, 6.45) is -1.11. The third-order valence-corrected chi connectivity index (χ3v) is 5.27. The third kappa shape index (κ3) is 5.09. The lowest BCUT2D eigenvalue weighted by Gasteiger charge is -2.21. The van der Waals surface area contributed by atoms with E-state index in [1.807, 2.05) is 0 Å². The molecule has 35 heavy (non-hydrogen) atoms. The molecule has 12 heteroatoms. The summed E-state index contributed by atoms with van der Waals surface area (Å²) in [6.45, 7) is 1.21. The first-order valence-corrected chi connectivity index (χ1v) is 10.5. The van der Waals surface area contributed by atoms with Crippen LogP contribution in [0.15, 0.2) is 61.1 Å². The molecular formula is C23H16ClF4N5O2. The number of amides is 2. The molecule has 4 rings (SSSR count). The number of hydrogen-bond acceptors (Lipinski definition) is 4. The lowest BCUT2D eigenvalue weighted by molar-refractivity contribution is -0.138. The molecule has 3 heterocycles. The number of alkyl halides is 3. The Bertz CT molecular complexity index is 1440. The quantitative estimate of drug-likeness (QED) is 0.368. The van der Waals surface area contributed by atoms with Crippen LogP contribution in [0.1, 0.15) is 18.1 Å². The number of fused-ring (bicyclic) bond motifs is 1. The topological polar surface area (TPSA) is 79.6 Å². The summed E-state index contributed by atoms with van der Waals surface area (Å²) in [4.78, 5) is 30.0. The average Bonchev–Trinajstić information content (AvgIpc) is 3.26. The van der Waals surface area contributed by atoms with Crippen LogP contribution in [0.4, 0.5) is 34.8 Å². The number of carbonyl (C=O) groups excluding carboxylic acids is 2. The predicted octanol–water partition coefficient (Wildman–Crippen LogP) is 5.41. The number of carbonyl (C=O) groups is 2. The first-order chi connectivity index (χ1) is 16.5. The van der Waals surface area contributed by atoms with Gasteiger partial charge in [0.15, 0.2) is 5.82 Å². The molecule has 4 aromatic rings. The van der Waals surface area contributed by atoms with Crippen LogP contribution in [-0.2, 0) is 22.2 Å². The Hall–Kier alpha value is -3.99.